The Labute approximate surface area is 149 Å². The van der Waals surface area contributed by atoms with E-state index in [1.165, 1.54) is 0 Å². The predicted molar refractivity (Wildman–Crippen MR) is 94.4 cm³/mol. The van der Waals surface area contributed by atoms with E-state index < -0.39 is 17.0 Å². The summed E-state index contributed by atoms with van der Waals surface area (Å²) >= 11 is 0. The van der Waals surface area contributed by atoms with E-state index in [1.807, 2.05) is 35.2 Å². The highest BCUT2D eigenvalue weighted by atomic mass is 16.5. The summed E-state index contributed by atoms with van der Waals surface area (Å²) in [4.78, 5) is 26.9. The molecule has 1 heterocycles. The molecule has 1 aromatic carbocycles. The zero-order valence-electron chi connectivity index (χ0n) is 14.9. The van der Waals surface area contributed by atoms with Crippen LogP contribution in [0.2, 0.25) is 0 Å². The minimum absolute atomic E-state index is 0.0433. The van der Waals surface area contributed by atoms with Crippen LogP contribution < -0.4 is 0 Å². The number of rotatable bonds is 4. The van der Waals surface area contributed by atoms with E-state index in [-0.39, 0.29) is 5.91 Å². The van der Waals surface area contributed by atoms with Gasteiger partial charge in [0.25, 0.3) is 5.91 Å². The van der Waals surface area contributed by atoms with Gasteiger partial charge in [-0.15, -0.1) is 0 Å². The number of piperidine rings is 1. The van der Waals surface area contributed by atoms with Crippen molar-refractivity contribution in [2.24, 2.45) is 0 Å². The summed E-state index contributed by atoms with van der Waals surface area (Å²) in [7, 11) is 1.62. The third-order valence-electron chi connectivity index (χ3n) is 6.08. The highest BCUT2D eigenvalue weighted by Gasteiger charge is 2.48. The summed E-state index contributed by atoms with van der Waals surface area (Å²) in [5, 5.41) is 9.88. The van der Waals surface area contributed by atoms with E-state index in [0.29, 0.717) is 25.9 Å². The van der Waals surface area contributed by atoms with Crippen molar-refractivity contribution in [2.75, 3.05) is 20.2 Å². The minimum Gasteiger partial charge on any atom is -0.481 e. The number of ether oxygens (including phenoxy) is 1. The Bertz CT molecular complexity index is 614. The number of carbonyl (C=O) groups excluding carboxylic acids is 1. The van der Waals surface area contributed by atoms with Gasteiger partial charge in [-0.2, -0.15) is 0 Å². The van der Waals surface area contributed by atoms with Crippen LogP contribution in [0.1, 0.15) is 50.5 Å². The molecule has 5 nitrogen and oxygen atoms in total. The first-order valence-corrected chi connectivity index (χ1v) is 9.18. The van der Waals surface area contributed by atoms with Gasteiger partial charge in [0, 0.05) is 20.2 Å². The second kappa shape index (κ2) is 7.16. The van der Waals surface area contributed by atoms with Crippen LogP contribution in [0.15, 0.2) is 30.3 Å². The number of methoxy groups -OCH3 is 1. The van der Waals surface area contributed by atoms with Crippen molar-refractivity contribution in [3.63, 3.8) is 0 Å². The normalized spacial score (nSPS) is 22.4. The summed E-state index contributed by atoms with van der Waals surface area (Å²) in [6.07, 6.45) is 5.58. The number of nitrogens with zero attached hydrogens (tertiary/aromatic N) is 1. The predicted octanol–water partition coefficient (Wildman–Crippen LogP) is 2.98. The number of carbonyl (C=O) groups is 2. The fraction of sp³-hybridized carbons (Fsp3) is 0.600. The molecule has 1 saturated carbocycles. The molecule has 5 heteroatoms. The number of carboxylic acid groups (broad SMARTS) is 1. The minimum atomic E-state index is -0.898. The number of carboxylic acids is 1. The molecule has 1 aliphatic heterocycles. The molecule has 136 valence electrons. The third kappa shape index (κ3) is 3.17. The largest absolute Gasteiger partial charge is 0.481 e. The Hall–Kier alpha value is -1.88. The van der Waals surface area contributed by atoms with Crippen molar-refractivity contribution in [3.8, 4) is 0 Å². The van der Waals surface area contributed by atoms with E-state index >= 15 is 0 Å². The topological polar surface area (TPSA) is 66.8 Å². The van der Waals surface area contributed by atoms with Crippen LogP contribution in [-0.2, 0) is 19.7 Å². The number of hydrogen-bond acceptors (Lipinski definition) is 3. The van der Waals surface area contributed by atoms with Crippen LogP contribution in [0.3, 0.4) is 0 Å². The Kier molecular flexibility index (Phi) is 5.13. The van der Waals surface area contributed by atoms with Gasteiger partial charge in [0.15, 0.2) is 0 Å². The average Bonchev–Trinajstić information content (AvgIpc) is 2.68. The van der Waals surface area contributed by atoms with E-state index in [4.69, 9.17) is 4.74 Å². The van der Waals surface area contributed by atoms with E-state index in [1.54, 1.807) is 7.11 Å². The van der Waals surface area contributed by atoms with Crippen molar-refractivity contribution in [2.45, 2.75) is 56.0 Å². The van der Waals surface area contributed by atoms with Gasteiger partial charge in [0.05, 0.1) is 5.41 Å². The Morgan fingerprint density at radius 1 is 1.00 bits per heavy atom. The summed E-state index contributed by atoms with van der Waals surface area (Å²) < 4.78 is 5.67. The highest BCUT2D eigenvalue weighted by molar-refractivity contribution is 5.87. The number of benzene rings is 1. The Morgan fingerprint density at radius 3 is 2.12 bits per heavy atom. The molecule has 3 rings (SSSR count). The number of hydrogen-bond donors (Lipinski definition) is 1. The SMILES string of the molecule is COC1(C(=O)N2CCC(C(=O)O)(c3ccccc3)CC2)CCCCC1. The molecule has 0 radical (unpaired) electrons. The van der Waals surface area contributed by atoms with Crippen LogP contribution >= 0.6 is 0 Å². The van der Waals surface area contributed by atoms with Crippen LogP contribution in [-0.4, -0.2) is 47.7 Å². The lowest BCUT2D eigenvalue weighted by molar-refractivity contribution is -0.163. The maximum Gasteiger partial charge on any atom is 0.314 e. The lowest BCUT2D eigenvalue weighted by Gasteiger charge is -2.44. The maximum atomic E-state index is 13.1. The van der Waals surface area contributed by atoms with Crippen LogP contribution in [0.25, 0.3) is 0 Å². The number of likely N-dealkylation sites (tertiary alicyclic amines) is 1. The molecule has 25 heavy (non-hydrogen) atoms. The summed E-state index contributed by atoms with van der Waals surface area (Å²) in [5.41, 5.74) is -0.771. The van der Waals surface area contributed by atoms with Gasteiger partial charge < -0.3 is 14.7 Å². The fourth-order valence-corrected chi connectivity index (χ4v) is 4.39. The van der Waals surface area contributed by atoms with Crippen LogP contribution in [0, 0.1) is 0 Å². The molecule has 1 aliphatic carbocycles. The molecule has 1 N–H and O–H groups in total. The summed E-state index contributed by atoms with van der Waals surface area (Å²) in [5.74, 6) is -0.758. The Balaban J connectivity index is 1.76. The van der Waals surface area contributed by atoms with Crippen molar-refractivity contribution in [1.82, 2.24) is 4.90 Å². The van der Waals surface area contributed by atoms with E-state index in [2.05, 4.69) is 0 Å². The highest BCUT2D eigenvalue weighted by Crippen LogP contribution is 2.38. The van der Waals surface area contributed by atoms with Gasteiger partial charge in [-0.25, -0.2) is 0 Å². The monoisotopic (exact) mass is 345 g/mol. The average molecular weight is 345 g/mol. The third-order valence-corrected chi connectivity index (χ3v) is 6.08. The van der Waals surface area contributed by atoms with Gasteiger partial charge >= 0.3 is 5.97 Å². The van der Waals surface area contributed by atoms with Gasteiger partial charge in [-0.05, 0) is 31.2 Å². The molecule has 0 bridgehead atoms. The first-order chi connectivity index (χ1) is 12.0. The molecule has 0 spiro atoms. The summed E-state index contributed by atoms with van der Waals surface area (Å²) in [6.45, 7) is 0.927. The molecule has 0 unspecified atom stereocenters. The zero-order valence-corrected chi connectivity index (χ0v) is 14.9. The standard InChI is InChI=1S/C20H27NO4/c1-25-20(10-6-3-7-11-20)17(22)21-14-12-19(13-15-21,18(23)24)16-8-4-2-5-9-16/h2,4-5,8-9H,3,6-7,10-15H2,1H3,(H,23,24). The van der Waals surface area contributed by atoms with Crippen LogP contribution in [0.4, 0.5) is 0 Å². The van der Waals surface area contributed by atoms with Crippen molar-refractivity contribution in [3.05, 3.63) is 35.9 Å². The first kappa shape index (κ1) is 17.9. The zero-order chi connectivity index (χ0) is 17.9. The molecular weight excluding hydrogens is 318 g/mol. The molecule has 1 aromatic rings. The smallest absolute Gasteiger partial charge is 0.314 e. The van der Waals surface area contributed by atoms with E-state index in [9.17, 15) is 14.7 Å². The van der Waals surface area contributed by atoms with Gasteiger partial charge in [-0.3, -0.25) is 9.59 Å². The van der Waals surface area contributed by atoms with Crippen LogP contribution in [0.5, 0.6) is 0 Å². The lowest BCUT2D eigenvalue weighted by atomic mass is 9.72. The van der Waals surface area contributed by atoms with Crippen molar-refractivity contribution >= 4 is 11.9 Å². The fourth-order valence-electron chi connectivity index (χ4n) is 4.39. The molecule has 1 saturated heterocycles. The molecule has 2 fully saturated rings. The maximum absolute atomic E-state index is 13.1. The van der Waals surface area contributed by atoms with Gasteiger partial charge in [-0.1, -0.05) is 49.6 Å². The van der Waals surface area contributed by atoms with Crippen molar-refractivity contribution < 1.29 is 19.4 Å². The second-order valence-electron chi connectivity index (χ2n) is 7.30. The lowest BCUT2D eigenvalue weighted by Crippen LogP contribution is -2.56. The number of aliphatic carboxylic acids is 1. The van der Waals surface area contributed by atoms with Gasteiger partial charge in [0.1, 0.15) is 5.60 Å². The number of amides is 1. The molecule has 0 atom stereocenters. The second-order valence-corrected chi connectivity index (χ2v) is 7.30. The summed E-state index contributed by atoms with van der Waals surface area (Å²) in [6, 6.07) is 9.40. The molecule has 0 aromatic heterocycles. The van der Waals surface area contributed by atoms with Crippen molar-refractivity contribution in [1.29, 1.82) is 0 Å². The van der Waals surface area contributed by atoms with E-state index in [0.717, 1.165) is 37.7 Å². The molecule has 2 aliphatic rings. The first-order valence-electron chi connectivity index (χ1n) is 9.18. The van der Waals surface area contributed by atoms with Gasteiger partial charge in [0.2, 0.25) is 0 Å². The molecular formula is C20H27NO4. The Morgan fingerprint density at radius 2 is 1.60 bits per heavy atom. The molecule has 1 amide bonds. The quantitative estimate of drug-likeness (QED) is 0.911.